The van der Waals surface area contributed by atoms with Gasteiger partial charge in [-0.3, -0.25) is 0 Å². The standard InChI is InChI=1S/C20H21N3O3/c1-25-16-9-4-7-15(12-16)18-22-19(26-23-18)21-13-20(24)11-5-8-14-6-2-3-10-17(14)20/h2-4,6-7,9-10,12,24H,5,8,11,13H2,1H3,(H,21,22,23). The van der Waals surface area contributed by atoms with Crippen molar-refractivity contribution in [3.8, 4) is 17.1 Å². The highest BCUT2D eigenvalue weighted by Gasteiger charge is 2.34. The van der Waals surface area contributed by atoms with Crippen molar-refractivity contribution >= 4 is 6.01 Å². The van der Waals surface area contributed by atoms with Crippen LogP contribution in [0.25, 0.3) is 11.4 Å². The molecule has 1 unspecified atom stereocenters. The Kier molecular flexibility index (Phi) is 4.34. The molecule has 1 aromatic heterocycles. The minimum atomic E-state index is -0.931. The van der Waals surface area contributed by atoms with E-state index < -0.39 is 5.60 Å². The van der Waals surface area contributed by atoms with Crippen LogP contribution in [0.1, 0.15) is 24.0 Å². The van der Waals surface area contributed by atoms with E-state index in [1.807, 2.05) is 42.5 Å². The van der Waals surface area contributed by atoms with Gasteiger partial charge in [-0.15, -0.1) is 0 Å². The van der Waals surface area contributed by atoms with E-state index in [-0.39, 0.29) is 0 Å². The molecule has 1 aliphatic carbocycles. The summed E-state index contributed by atoms with van der Waals surface area (Å²) in [4.78, 5) is 4.37. The van der Waals surface area contributed by atoms with Crippen LogP contribution in [0.4, 0.5) is 6.01 Å². The maximum atomic E-state index is 11.1. The zero-order valence-corrected chi connectivity index (χ0v) is 14.6. The summed E-state index contributed by atoms with van der Waals surface area (Å²) in [6.45, 7) is 0.323. The third-order valence-electron chi connectivity index (χ3n) is 4.84. The lowest BCUT2D eigenvalue weighted by atomic mass is 9.79. The van der Waals surface area contributed by atoms with E-state index in [1.54, 1.807) is 7.11 Å². The van der Waals surface area contributed by atoms with Crippen molar-refractivity contribution < 1.29 is 14.4 Å². The van der Waals surface area contributed by atoms with Gasteiger partial charge in [-0.05, 0) is 42.5 Å². The van der Waals surface area contributed by atoms with Crippen molar-refractivity contribution in [2.24, 2.45) is 0 Å². The average Bonchev–Trinajstić information content (AvgIpc) is 3.16. The van der Waals surface area contributed by atoms with Crippen LogP contribution >= 0.6 is 0 Å². The topological polar surface area (TPSA) is 80.4 Å². The molecular weight excluding hydrogens is 330 g/mol. The first-order valence-corrected chi connectivity index (χ1v) is 8.71. The van der Waals surface area contributed by atoms with Gasteiger partial charge in [0.05, 0.1) is 13.7 Å². The Morgan fingerprint density at radius 2 is 2.12 bits per heavy atom. The Labute approximate surface area is 151 Å². The molecule has 6 heteroatoms. The summed E-state index contributed by atoms with van der Waals surface area (Å²) in [5.41, 5.74) is 2.05. The number of hydrogen-bond acceptors (Lipinski definition) is 6. The third-order valence-corrected chi connectivity index (χ3v) is 4.84. The molecule has 0 amide bonds. The monoisotopic (exact) mass is 351 g/mol. The average molecular weight is 351 g/mol. The molecule has 0 saturated carbocycles. The summed E-state index contributed by atoms with van der Waals surface area (Å²) in [7, 11) is 1.62. The number of methoxy groups -OCH3 is 1. The van der Waals surface area contributed by atoms with Crippen LogP contribution in [-0.4, -0.2) is 28.9 Å². The fourth-order valence-electron chi connectivity index (χ4n) is 3.48. The maximum absolute atomic E-state index is 11.1. The molecule has 6 nitrogen and oxygen atoms in total. The molecule has 2 aromatic carbocycles. The van der Waals surface area contributed by atoms with E-state index in [4.69, 9.17) is 9.26 Å². The molecule has 0 fully saturated rings. The second-order valence-corrected chi connectivity index (χ2v) is 6.55. The molecule has 0 radical (unpaired) electrons. The Balaban J connectivity index is 1.50. The highest BCUT2D eigenvalue weighted by atomic mass is 16.5. The number of aromatic nitrogens is 2. The predicted octanol–water partition coefficient (Wildman–Crippen LogP) is 3.38. The van der Waals surface area contributed by atoms with Crippen molar-refractivity contribution in [3.05, 3.63) is 59.7 Å². The minimum absolute atomic E-state index is 0.291. The van der Waals surface area contributed by atoms with Crippen LogP contribution in [0.3, 0.4) is 0 Å². The van der Waals surface area contributed by atoms with Gasteiger partial charge in [-0.1, -0.05) is 41.6 Å². The van der Waals surface area contributed by atoms with E-state index >= 15 is 0 Å². The van der Waals surface area contributed by atoms with Gasteiger partial charge in [0.1, 0.15) is 11.4 Å². The molecule has 1 aliphatic rings. The summed E-state index contributed by atoms with van der Waals surface area (Å²) in [6.07, 6.45) is 2.65. The number of fused-ring (bicyclic) bond motifs is 1. The lowest BCUT2D eigenvalue weighted by molar-refractivity contribution is 0.0317. The summed E-state index contributed by atoms with van der Waals surface area (Å²) in [6, 6.07) is 15.8. The van der Waals surface area contributed by atoms with E-state index in [0.29, 0.717) is 24.8 Å². The molecule has 0 spiro atoms. The van der Waals surface area contributed by atoms with E-state index in [0.717, 1.165) is 29.7 Å². The predicted molar refractivity (Wildman–Crippen MR) is 98.1 cm³/mol. The van der Waals surface area contributed by atoms with Gasteiger partial charge in [-0.25, -0.2) is 0 Å². The van der Waals surface area contributed by atoms with Crippen LogP contribution in [-0.2, 0) is 12.0 Å². The van der Waals surface area contributed by atoms with Crippen LogP contribution < -0.4 is 10.1 Å². The van der Waals surface area contributed by atoms with Crippen molar-refractivity contribution in [1.29, 1.82) is 0 Å². The molecule has 0 aliphatic heterocycles. The number of rotatable bonds is 5. The van der Waals surface area contributed by atoms with Crippen molar-refractivity contribution in [2.45, 2.75) is 24.9 Å². The highest BCUT2D eigenvalue weighted by Crippen LogP contribution is 2.35. The normalized spacial score (nSPS) is 19.0. The number of hydrogen-bond donors (Lipinski definition) is 2. The molecule has 1 heterocycles. The molecule has 134 valence electrons. The van der Waals surface area contributed by atoms with Gasteiger partial charge < -0.3 is 19.7 Å². The van der Waals surface area contributed by atoms with Crippen molar-refractivity contribution in [2.75, 3.05) is 19.0 Å². The van der Waals surface area contributed by atoms with Gasteiger partial charge in [0.2, 0.25) is 5.82 Å². The third kappa shape index (κ3) is 3.15. The Morgan fingerprint density at radius 3 is 3.00 bits per heavy atom. The van der Waals surface area contributed by atoms with Gasteiger partial charge in [0.25, 0.3) is 0 Å². The molecule has 1 atom stereocenters. The Bertz CT molecular complexity index is 909. The van der Waals surface area contributed by atoms with Gasteiger partial charge in [0, 0.05) is 5.56 Å². The van der Waals surface area contributed by atoms with Gasteiger partial charge in [0.15, 0.2) is 0 Å². The summed E-state index contributed by atoms with van der Waals surface area (Å²) in [5, 5.41) is 18.2. The molecule has 0 bridgehead atoms. The van der Waals surface area contributed by atoms with Crippen molar-refractivity contribution in [1.82, 2.24) is 10.1 Å². The van der Waals surface area contributed by atoms with Crippen LogP contribution in [0, 0.1) is 0 Å². The zero-order chi connectivity index (χ0) is 18.0. The second-order valence-electron chi connectivity index (χ2n) is 6.55. The Morgan fingerprint density at radius 1 is 1.23 bits per heavy atom. The lowest BCUT2D eigenvalue weighted by Crippen LogP contribution is -2.37. The molecule has 0 saturated heterocycles. The van der Waals surface area contributed by atoms with E-state index in [2.05, 4.69) is 21.5 Å². The summed E-state index contributed by atoms with van der Waals surface area (Å²) >= 11 is 0. The molecule has 2 N–H and O–H groups in total. The number of nitrogens with one attached hydrogen (secondary N) is 1. The number of anilines is 1. The lowest BCUT2D eigenvalue weighted by Gasteiger charge is -2.34. The number of ether oxygens (including phenoxy) is 1. The molecule has 4 rings (SSSR count). The largest absolute Gasteiger partial charge is 0.497 e. The number of aryl methyl sites for hydroxylation is 1. The first-order valence-electron chi connectivity index (χ1n) is 8.71. The fourth-order valence-corrected chi connectivity index (χ4v) is 3.48. The first kappa shape index (κ1) is 16.6. The van der Waals surface area contributed by atoms with Crippen molar-refractivity contribution in [3.63, 3.8) is 0 Å². The van der Waals surface area contributed by atoms with Crippen LogP contribution in [0.5, 0.6) is 5.75 Å². The molecule has 3 aromatic rings. The highest BCUT2D eigenvalue weighted by molar-refractivity contribution is 5.58. The first-order chi connectivity index (χ1) is 12.7. The summed E-state index contributed by atoms with van der Waals surface area (Å²) in [5.74, 6) is 1.21. The molecular formula is C20H21N3O3. The van der Waals surface area contributed by atoms with Gasteiger partial charge >= 0.3 is 6.01 Å². The van der Waals surface area contributed by atoms with Crippen LogP contribution in [0.15, 0.2) is 53.1 Å². The Hall–Kier alpha value is -2.86. The van der Waals surface area contributed by atoms with Gasteiger partial charge in [-0.2, -0.15) is 4.98 Å². The smallest absolute Gasteiger partial charge is 0.321 e. The number of aliphatic hydroxyl groups is 1. The maximum Gasteiger partial charge on any atom is 0.321 e. The fraction of sp³-hybridized carbons (Fsp3) is 0.300. The number of benzene rings is 2. The quantitative estimate of drug-likeness (QED) is 0.733. The zero-order valence-electron chi connectivity index (χ0n) is 14.6. The minimum Gasteiger partial charge on any atom is -0.497 e. The van der Waals surface area contributed by atoms with Crippen LogP contribution in [0.2, 0.25) is 0 Å². The molecule has 26 heavy (non-hydrogen) atoms. The van der Waals surface area contributed by atoms with E-state index in [9.17, 15) is 5.11 Å². The summed E-state index contributed by atoms with van der Waals surface area (Å²) < 4.78 is 10.5. The second kappa shape index (κ2) is 6.80. The SMILES string of the molecule is COc1cccc(-c2noc(NCC3(O)CCCc4ccccc43)n2)c1. The number of nitrogens with zero attached hydrogens (tertiary/aromatic N) is 2. The van der Waals surface area contributed by atoms with E-state index in [1.165, 1.54) is 5.56 Å².